The smallest absolute Gasteiger partial charge is 0.0515 e. The van der Waals surface area contributed by atoms with E-state index in [9.17, 15) is 0 Å². The van der Waals surface area contributed by atoms with E-state index in [1.807, 2.05) is 26.1 Å². The number of pyridine rings is 1. The SMILES string of the molecule is Cc1cnccc1CC[C@@H](C)O. The summed E-state index contributed by atoms with van der Waals surface area (Å²) < 4.78 is 0. The summed E-state index contributed by atoms with van der Waals surface area (Å²) in [5, 5.41) is 9.09. The molecule has 12 heavy (non-hydrogen) atoms. The summed E-state index contributed by atoms with van der Waals surface area (Å²) in [7, 11) is 0. The van der Waals surface area contributed by atoms with Crippen molar-refractivity contribution in [3.8, 4) is 0 Å². The zero-order valence-electron chi connectivity index (χ0n) is 7.62. The van der Waals surface area contributed by atoms with E-state index in [0.717, 1.165) is 12.8 Å². The summed E-state index contributed by atoms with van der Waals surface area (Å²) in [6.07, 6.45) is 5.20. The Bertz CT molecular complexity index is 245. The van der Waals surface area contributed by atoms with Crippen molar-refractivity contribution in [2.45, 2.75) is 32.8 Å². The molecule has 0 unspecified atom stereocenters. The quantitative estimate of drug-likeness (QED) is 0.739. The highest BCUT2D eigenvalue weighted by atomic mass is 16.3. The average molecular weight is 165 g/mol. The monoisotopic (exact) mass is 165 g/mol. The van der Waals surface area contributed by atoms with Gasteiger partial charge in [0.2, 0.25) is 0 Å². The molecule has 0 aliphatic heterocycles. The molecule has 1 aromatic rings. The lowest BCUT2D eigenvalue weighted by molar-refractivity contribution is 0.185. The van der Waals surface area contributed by atoms with Crippen molar-refractivity contribution < 1.29 is 5.11 Å². The van der Waals surface area contributed by atoms with Gasteiger partial charge in [-0.1, -0.05) is 0 Å². The molecule has 0 saturated carbocycles. The van der Waals surface area contributed by atoms with Gasteiger partial charge in [-0.2, -0.15) is 0 Å². The minimum atomic E-state index is -0.211. The summed E-state index contributed by atoms with van der Waals surface area (Å²) in [5.41, 5.74) is 2.49. The second-order valence-corrected chi connectivity index (χ2v) is 3.19. The number of rotatable bonds is 3. The van der Waals surface area contributed by atoms with E-state index in [0.29, 0.717) is 0 Å². The van der Waals surface area contributed by atoms with Crippen molar-refractivity contribution in [2.75, 3.05) is 0 Å². The molecule has 0 saturated heterocycles. The van der Waals surface area contributed by atoms with Gasteiger partial charge in [0.15, 0.2) is 0 Å². The number of aryl methyl sites for hydroxylation is 2. The fraction of sp³-hybridized carbons (Fsp3) is 0.500. The number of nitrogens with zero attached hydrogens (tertiary/aromatic N) is 1. The van der Waals surface area contributed by atoms with Gasteiger partial charge in [0, 0.05) is 12.4 Å². The van der Waals surface area contributed by atoms with Crippen LogP contribution in [-0.4, -0.2) is 16.2 Å². The predicted molar refractivity (Wildman–Crippen MR) is 49.0 cm³/mol. The number of hydrogen-bond acceptors (Lipinski definition) is 2. The standard InChI is InChI=1S/C10H15NO/c1-8-7-11-6-5-10(8)4-3-9(2)12/h5-7,9,12H,3-4H2,1-2H3/t9-/m1/s1. The molecule has 0 amide bonds. The van der Waals surface area contributed by atoms with E-state index < -0.39 is 0 Å². The fourth-order valence-corrected chi connectivity index (χ4v) is 1.15. The van der Waals surface area contributed by atoms with Crippen LogP contribution < -0.4 is 0 Å². The van der Waals surface area contributed by atoms with Crippen molar-refractivity contribution in [3.63, 3.8) is 0 Å². The molecule has 0 radical (unpaired) electrons. The lowest BCUT2D eigenvalue weighted by Gasteiger charge is -2.05. The first-order valence-electron chi connectivity index (χ1n) is 4.27. The third kappa shape index (κ3) is 2.62. The molecule has 2 nitrogen and oxygen atoms in total. The van der Waals surface area contributed by atoms with E-state index in [1.54, 1.807) is 6.20 Å². The topological polar surface area (TPSA) is 33.1 Å². The van der Waals surface area contributed by atoms with Crippen molar-refractivity contribution >= 4 is 0 Å². The Hall–Kier alpha value is -0.890. The van der Waals surface area contributed by atoms with Gasteiger partial charge in [-0.3, -0.25) is 4.98 Å². The molecule has 0 aliphatic carbocycles. The number of aliphatic hydroxyl groups is 1. The first kappa shape index (κ1) is 9.20. The molecule has 0 bridgehead atoms. The first-order valence-corrected chi connectivity index (χ1v) is 4.27. The number of hydrogen-bond donors (Lipinski definition) is 1. The van der Waals surface area contributed by atoms with Gasteiger partial charge >= 0.3 is 0 Å². The van der Waals surface area contributed by atoms with E-state index in [4.69, 9.17) is 5.11 Å². The Kier molecular flexibility index (Phi) is 3.23. The lowest BCUT2D eigenvalue weighted by atomic mass is 10.1. The molecule has 0 aliphatic rings. The Balaban J connectivity index is 2.57. The molecule has 2 heteroatoms. The van der Waals surface area contributed by atoms with Crippen molar-refractivity contribution in [1.29, 1.82) is 0 Å². The molecule has 1 N–H and O–H groups in total. The van der Waals surface area contributed by atoms with Crippen LogP contribution >= 0.6 is 0 Å². The van der Waals surface area contributed by atoms with Crippen molar-refractivity contribution in [1.82, 2.24) is 4.98 Å². The van der Waals surface area contributed by atoms with Gasteiger partial charge in [-0.15, -0.1) is 0 Å². The summed E-state index contributed by atoms with van der Waals surface area (Å²) in [5.74, 6) is 0. The molecule has 1 heterocycles. The van der Waals surface area contributed by atoms with Gasteiger partial charge in [0.05, 0.1) is 6.10 Å². The van der Waals surface area contributed by atoms with Gasteiger partial charge in [-0.05, 0) is 43.9 Å². The average Bonchev–Trinajstić information content (AvgIpc) is 2.03. The zero-order valence-corrected chi connectivity index (χ0v) is 7.62. The molecule has 1 rings (SSSR count). The normalized spacial score (nSPS) is 12.9. The molecular formula is C10H15NO. The van der Waals surface area contributed by atoms with Crippen LogP contribution in [0, 0.1) is 6.92 Å². The molecule has 0 fully saturated rings. The van der Waals surface area contributed by atoms with Crippen LogP contribution in [-0.2, 0) is 6.42 Å². The van der Waals surface area contributed by atoms with Crippen LogP contribution in [0.5, 0.6) is 0 Å². The highest BCUT2D eigenvalue weighted by Crippen LogP contribution is 2.08. The third-order valence-electron chi connectivity index (χ3n) is 1.97. The Morgan fingerprint density at radius 2 is 2.33 bits per heavy atom. The van der Waals surface area contributed by atoms with E-state index >= 15 is 0 Å². The van der Waals surface area contributed by atoms with E-state index in [1.165, 1.54) is 11.1 Å². The minimum absolute atomic E-state index is 0.211. The fourth-order valence-electron chi connectivity index (χ4n) is 1.15. The Labute approximate surface area is 73.3 Å². The summed E-state index contributed by atoms with van der Waals surface area (Å²) in [6.45, 7) is 3.86. The Morgan fingerprint density at radius 3 is 2.92 bits per heavy atom. The van der Waals surface area contributed by atoms with Gasteiger partial charge in [0.25, 0.3) is 0 Å². The van der Waals surface area contributed by atoms with Crippen molar-refractivity contribution in [2.24, 2.45) is 0 Å². The van der Waals surface area contributed by atoms with E-state index in [-0.39, 0.29) is 6.10 Å². The van der Waals surface area contributed by atoms with Crippen LogP contribution in [0.2, 0.25) is 0 Å². The van der Waals surface area contributed by atoms with Crippen LogP contribution in [0.4, 0.5) is 0 Å². The molecule has 1 atom stereocenters. The van der Waals surface area contributed by atoms with Gasteiger partial charge < -0.3 is 5.11 Å². The summed E-state index contributed by atoms with van der Waals surface area (Å²) >= 11 is 0. The number of aliphatic hydroxyl groups excluding tert-OH is 1. The second kappa shape index (κ2) is 4.21. The van der Waals surface area contributed by atoms with Gasteiger partial charge in [0.1, 0.15) is 0 Å². The van der Waals surface area contributed by atoms with Crippen LogP contribution in [0.25, 0.3) is 0 Å². The van der Waals surface area contributed by atoms with Crippen LogP contribution in [0.1, 0.15) is 24.5 Å². The molecule has 0 spiro atoms. The lowest BCUT2D eigenvalue weighted by Crippen LogP contribution is -2.02. The van der Waals surface area contributed by atoms with Crippen molar-refractivity contribution in [3.05, 3.63) is 29.6 Å². The minimum Gasteiger partial charge on any atom is -0.393 e. The van der Waals surface area contributed by atoms with E-state index in [2.05, 4.69) is 4.98 Å². The maximum Gasteiger partial charge on any atom is 0.0515 e. The molecule has 1 aromatic heterocycles. The maximum absolute atomic E-state index is 9.09. The molecule has 0 aromatic carbocycles. The number of aromatic nitrogens is 1. The van der Waals surface area contributed by atoms with Crippen LogP contribution in [0.15, 0.2) is 18.5 Å². The highest BCUT2D eigenvalue weighted by Gasteiger charge is 1.99. The summed E-state index contributed by atoms with van der Waals surface area (Å²) in [6, 6.07) is 2.01. The summed E-state index contributed by atoms with van der Waals surface area (Å²) in [4.78, 5) is 4.01. The second-order valence-electron chi connectivity index (χ2n) is 3.19. The first-order chi connectivity index (χ1) is 5.70. The van der Waals surface area contributed by atoms with Crippen LogP contribution in [0.3, 0.4) is 0 Å². The zero-order chi connectivity index (χ0) is 8.97. The third-order valence-corrected chi connectivity index (χ3v) is 1.97. The largest absolute Gasteiger partial charge is 0.393 e. The highest BCUT2D eigenvalue weighted by molar-refractivity contribution is 5.21. The Morgan fingerprint density at radius 1 is 1.58 bits per heavy atom. The molecular weight excluding hydrogens is 150 g/mol. The maximum atomic E-state index is 9.09. The predicted octanol–water partition coefficient (Wildman–Crippen LogP) is 1.70. The molecule has 66 valence electrons. The van der Waals surface area contributed by atoms with Gasteiger partial charge in [-0.25, -0.2) is 0 Å².